The van der Waals surface area contributed by atoms with Crippen LogP contribution in [0.4, 0.5) is 0 Å². The molecule has 1 heteroatoms. The molecule has 0 unspecified atom stereocenters. The third-order valence-corrected chi connectivity index (χ3v) is 1.25. The van der Waals surface area contributed by atoms with Gasteiger partial charge >= 0.3 is 0 Å². The molecule has 0 aromatic heterocycles. The van der Waals surface area contributed by atoms with Gasteiger partial charge < -0.3 is 4.90 Å². The second-order valence-corrected chi connectivity index (χ2v) is 3.11. The van der Waals surface area contributed by atoms with E-state index in [1.807, 2.05) is 26.0 Å². The fourth-order valence-electron chi connectivity index (χ4n) is 0.884. The summed E-state index contributed by atoms with van der Waals surface area (Å²) >= 11 is 0. The fraction of sp³-hybridized carbons (Fsp3) is 1.00. The maximum absolute atomic E-state index is 2.00. The van der Waals surface area contributed by atoms with Crippen molar-refractivity contribution in [3.05, 3.63) is 0 Å². The summed E-state index contributed by atoms with van der Waals surface area (Å²) in [6, 6.07) is 0. The minimum Gasteiger partial charge on any atom is -0.312 e. The molecule has 0 aromatic rings. The number of rotatable bonds is 0. The Labute approximate surface area is 59.1 Å². The minimum atomic E-state index is 1.50. The molecule has 9 heavy (non-hydrogen) atoms. The third-order valence-electron chi connectivity index (χ3n) is 1.25. The summed E-state index contributed by atoms with van der Waals surface area (Å²) in [7, 11) is 6.00. The molecule has 0 heterocycles. The van der Waals surface area contributed by atoms with E-state index in [0.717, 1.165) is 0 Å². The van der Waals surface area contributed by atoms with Gasteiger partial charge in [0.2, 0.25) is 0 Å². The first-order valence-corrected chi connectivity index (χ1v) is 3.84. The van der Waals surface area contributed by atoms with Crippen molar-refractivity contribution in [3.8, 4) is 0 Å². The second-order valence-electron chi connectivity index (χ2n) is 3.11. The molecular formula is C8H19N. The summed E-state index contributed by atoms with van der Waals surface area (Å²) in [5, 5.41) is 0. The molecule has 0 bridgehead atoms. The van der Waals surface area contributed by atoms with Gasteiger partial charge in [-0.2, -0.15) is 0 Å². The van der Waals surface area contributed by atoms with E-state index in [4.69, 9.17) is 0 Å². The molecule has 0 radical (unpaired) electrons. The summed E-state index contributed by atoms with van der Waals surface area (Å²) in [4.78, 5) is 2.00. The predicted octanol–water partition coefficient (Wildman–Crippen LogP) is 2.13. The Bertz CT molecular complexity index is 36.2. The average molecular weight is 129 g/mol. The van der Waals surface area contributed by atoms with Crippen molar-refractivity contribution in [2.24, 2.45) is 0 Å². The van der Waals surface area contributed by atoms with Crippen molar-refractivity contribution in [3.63, 3.8) is 0 Å². The topological polar surface area (TPSA) is 3.24 Å². The van der Waals surface area contributed by atoms with Crippen LogP contribution in [0, 0.1) is 0 Å². The van der Waals surface area contributed by atoms with E-state index in [1.165, 1.54) is 32.1 Å². The molecular weight excluding hydrogens is 110 g/mol. The molecule has 1 saturated carbocycles. The zero-order valence-electron chi connectivity index (χ0n) is 6.98. The smallest absolute Gasteiger partial charge is 0.0140 e. The minimum absolute atomic E-state index is 1.50. The maximum atomic E-state index is 2.00. The normalized spacial score (nSPS) is 17.3. The number of hydrogen-bond donors (Lipinski definition) is 0. The van der Waals surface area contributed by atoms with Crippen LogP contribution in [0.25, 0.3) is 0 Å². The van der Waals surface area contributed by atoms with Crippen molar-refractivity contribution in [2.75, 3.05) is 21.1 Å². The van der Waals surface area contributed by atoms with Crippen LogP contribution in [0.2, 0.25) is 0 Å². The van der Waals surface area contributed by atoms with Crippen molar-refractivity contribution in [1.29, 1.82) is 0 Å². The number of nitrogens with zero attached hydrogens (tertiary/aromatic N) is 1. The van der Waals surface area contributed by atoms with E-state index >= 15 is 0 Å². The van der Waals surface area contributed by atoms with Gasteiger partial charge in [0.1, 0.15) is 0 Å². The van der Waals surface area contributed by atoms with E-state index in [1.54, 1.807) is 0 Å². The Morgan fingerprint density at radius 3 is 0.889 bits per heavy atom. The lowest BCUT2D eigenvalue weighted by atomic mass is 10.4. The lowest BCUT2D eigenvalue weighted by Crippen LogP contribution is -1.99. The molecule has 1 aliphatic carbocycles. The second kappa shape index (κ2) is 6.09. The Balaban J connectivity index is 0.000000148. The molecule has 0 saturated heterocycles. The maximum Gasteiger partial charge on any atom is -0.0140 e. The van der Waals surface area contributed by atoms with Crippen LogP contribution in [-0.2, 0) is 0 Å². The molecule has 0 N–H and O–H groups in total. The first-order valence-electron chi connectivity index (χ1n) is 3.84. The summed E-state index contributed by atoms with van der Waals surface area (Å²) in [6.07, 6.45) is 7.50. The van der Waals surface area contributed by atoms with Gasteiger partial charge in [0.25, 0.3) is 0 Å². The summed E-state index contributed by atoms with van der Waals surface area (Å²) in [5.41, 5.74) is 0. The highest BCUT2D eigenvalue weighted by Crippen LogP contribution is 2.15. The average Bonchev–Trinajstić information content (AvgIpc) is 2.11. The van der Waals surface area contributed by atoms with Gasteiger partial charge in [0.15, 0.2) is 0 Å². The van der Waals surface area contributed by atoms with Crippen molar-refractivity contribution in [2.45, 2.75) is 32.1 Å². The van der Waals surface area contributed by atoms with Crippen LogP contribution in [0.1, 0.15) is 32.1 Å². The highest BCUT2D eigenvalue weighted by Gasteiger charge is 1.95. The van der Waals surface area contributed by atoms with Gasteiger partial charge in [-0.3, -0.25) is 0 Å². The molecule has 0 amide bonds. The Kier molecular flexibility index (Phi) is 6.06. The zero-order valence-corrected chi connectivity index (χ0v) is 6.98. The van der Waals surface area contributed by atoms with Crippen LogP contribution in [0.5, 0.6) is 0 Å². The summed E-state index contributed by atoms with van der Waals surface area (Å²) in [6.45, 7) is 0. The molecule has 1 nitrogen and oxygen atoms in total. The third kappa shape index (κ3) is 11.5. The Morgan fingerprint density at radius 2 is 0.778 bits per heavy atom. The largest absolute Gasteiger partial charge is 0.312 e. The van der Waals surface area contributed by atoms with Gasteiger partial charge in [-0.15, -0.1) is 0 Å². The molecule has 0 atom stereocenters. The fourth-order valence-corrected chi connectivity index (χ4v) is 0.884. The quantitative estimate of drug-likeness (QED) is 0.484. The molecule has 1 fully saturated rings. The first kappa shape index (κ1) is 8.96. The zero-order chi connectivity index (χ0) is 7.11. The highest BCUT2D eigenvalue weighted by molar-refractivity contribution is 4.51. The van der Waals surface area contributed by atoms with Crippen LogP contribution in [-0.4, -0.2) is 26.0 Å². The lowest BCUT2D eigenvalue weighted by Gasteiger charge is -1.90. The standard InChI is InChI=1S/C5H10.C3H9N/c1-2-4-5-3-1;1-4(2)3/h1-5H2;1-3H3. The SMILES string of the molecule is C1CCCC1.CN(C)C. The molecule has 56 valence electrons. The monoisotopic (exact) mass is 129 g/mol. The van der Waals surface area contributed by atoms with Gasteiger partial charge in [0, 0.05) is 0 Å². The predicted molar refractivity (Wildman–Crippen MR) is 42.7 cm³/mol. The molecule has 0 spiro atoms. The van der Waals surface area contributed by atoms with E-state index in [9.17, 15) is 0 Å². The molecule has 1 aliphatic rings. The van der Waals surface area contributed by atoms with Crippen molar-refractivity contribution < 1.29 is 0 Å². The Hall–Kier alpha value is -0.0400. The summed E-state index contributed by atoms with van der Waals surface area (Å²) in [5.74, 6) is 0. The van der Waals surface area contributed by atoms with E-state index < -0.39 is 0 Å². The van der Waals surface area contributed by atoms with Gasteiger partial charge in [-0.1, -0.05) is 32.1 Å². The molecule has 0 aliphatic heterocycles. The van der Waals surface area contributed by atoms with Gasteiger partial charge in [-0.25, -0.2) is 0 Å². The molecule has 0 aromatic carbocycles. The van der Waals surface area contributed by atoms with Crippen LogP contribution >= 0.6 is 0 Å². The summed E-state index contributed by atoms with van der Waals surface area (Å²) < 4.78 is 0. The van der Waals surface area contributed by atoms with Crippen molar-refractivity contribution in [1.82, 2.24) is 4.90 Å². The van der Waals surface area contributed by atoms with Crippen LogP contribution in [0.3, 0.4) is 0 Å². The van der Waals surface area contributed by atoms with Gasteiger partial charge in [-0.05, 0) is 21.1 Å². The van der Waals surface area contributed by atoms with Crippen LogP contribution in [0.15, 0.2) is 0 Å². The first-order chi connectivity index (χ1) is 4.23. The van der Waals surface area contributed by atoms with E-state index in [2.05, 4.69) is 0 Å². The lowest BCUT2D eigenvalue weighted by molar-refractivity contribution is 0.505. The van der Waals surface area contributed by atoms with Crippen LogP contribution < -0.4 is 0 Å². The van der Waals surface area contributed by atoms with E-state index in [0.29, 0.717) is 0 Å². The number of hydrogen-bond acceptors (Lipinski definition) is 1. The van der Waals surface area contributed by atoms with Gasteiger partial charge in [0.05, 0.1) is 0 Å². The molecule has 1 rings (SSSR count). The van der Waals surface area contributed by atoms with Crippen molar-refractivity contribution >= 4 is 0 Å². The highest BCUT2D eigenvalue weighted by atomic mass is 15.0. The Morgan fingerprint density at radius 1 is 0.667 bits per heavy atom. The van der Waals surface area contributed by atoms with E-state index in [-0.39, 0.29) is 0 Å².